The number of hydrogen-bond donors (Lipinski definition) is 2. The van der Waals surface area contributed by atoms with Gasteiger partial charge in [0.05, 0.1) is 0 Å². The van der Waals surface area contributed by atoms with E-state index in [0.717, 1.165) is 45.0 Å². The molecule has 2 aromatic rings. The summed E-state index contributed by atoms with van der Waals surface area (Å²) in [5.41, 5.74) is 2.52. The molecular weight excluding hydrogens is 388 g/mol. The number of nitrogens with one attached hydrogen (secondary N) is 2. The molecule has 1 aliphatic rings. The maximum Gasteiger partial charge on any atom is 0.251 e. The lowest BCUT2D eigenvalue weighted by Crippen LogP contribution is -2.47. The normalized spacial score (nSPS) is 16.1. The number of rotatable bonds is 8. The van der Waals surface area contributed by atoms with E-state index in [0.29, 0.717) is 5.56 Å². The van der Waals surface area contributed by atoms with Crippen molar-refractivity contribution in [2.24, 2.45) is 5.92 Å². The van der Waals surface area contributed by atoms with Gasteiger partial charge in [-0.3, -0.25) is 14.5 Å². The van der Waals surface area contributed by atoms with Gasteiger partial charge in [0.15, 0.2) is 0 Å². The molecule has 1 aliphatic heterocycles. The van der Waals surface area contributed by atoms with Gasteiger partial charge in [-0.1, -0.05) is 51.1 Å². The number of anilines is 1. The van der Waals surface area contributed by atoms with E-state index >= 15 is 0 Å². The third-order valence-corrected chi connectivity index (χ3v) is 5.81. The summed E-state index contributed by atoms with van der Waals surface area (Å²) in [6.07, 6.45) is 0. The van der Waals surface area contributed by atoms with Crippen LogP contribution in [0.25, 0.3) is 0 Å². The molecule has 1 atom stereocenters. The highest BCUT2D eigenvalue weighted by molar-refractivity contribution is 6.01. The number of piperazine rings is 1. The molecule has 0 bridgehead atoms. The van der Waals surface area contributed by atoms with Crippen molar-refractivity contribution < 1.29 is 9.59 Å². The molecule has 1 fully saturated rings. The molecule has 6 heteroatoms. The van der Waals surface area contributed by atoms with Gasteiger partial charge in [0.1, 0.15) is 6.04 Å². The fraction of sp³-hybridized carbons (Fsp3) is 0.440. The highest BCUT2D eigenvalue weighted by atomic mass is 16.2. The molecule has 0 aromatic heterocycles. The predicted octanol–water partition coefficient (Wildman–Crippen LogP) is 3.22. The minimum atomic E-state index is -0.609. The molecule has 3 rings (SSSR count). The second-order valence-electron chi connectivity index (χ2n) is 8.46. The van der Waals surface area contributed by atoms with Crippen LogP contribution in [0.3, 0.4) is 0 Å². The highest BCUT2D eigenvalue weighted by Gasteiger charge is 2.25. The van der Waals surface area contributed by atoms with Crippen LogP contribution in [0.5, 0.6) is 0 Å². The SMILES string of the molecule is CCN1CCN(Cc2ccc(NC(=O)C(NC(=O)c3ccccc3)C(C)C)cc2)CC1. The van der Waals surface area contributed by atoms with Crippen molar-refractivity contribution in [3.63, 3.8) is 0 Å². The van der Waals surface area contributed by atoms with E-state index in [2.05, 4.69) is 39.5 Å². The van der Waals surface area contributed by atoms with Crippen LogP contribution in [-0.2, 0) is 11.3 Å². The number of carbonyl (C=O) groups is 2. The van der Waals surface area contributed by atoms with E-state index in [-0.39, 0.29) is 17.7 Å². The van der Waals surface area contributed by atoms with Gasteiger partial charge in [0.2, 0.25) is 5.91 Å². The van der Waals surface area contributed by atoms with E-state index < -0.39 is 6.04 Å². The molecule has 2 aromatic carbocycles. The Kier molecular flexibility index (Phi) is 8.20. The van der Waals surface area contributed by atoms with E-state index in [4.69, 9.17) is 0 Å². The van der Waals surface area contributed by atoms with Gasteiger partial charge in [-0.05, 0) is 42.3 Å². The summed E-state index contributed by atoms with van der Waals surface area (Å²) in [4.78, 5) is 30.3. The topological polar surface area (TPSA) is 64.7 Å². The Bertz CT molecular complexity index is 844. The van der Waals surface area contributed by atoms with Gasteiger partial charge in [-0.25, -0.2) is 0 Å². The Hall–Kier alpha value is -2.70. The summed E-state index contributed by atoms with van der Waals surface area (Å²) in [5.74, 6) is -0.482. The Morgan fingerprint density at radius 3 is 2.10 bits per heavy atom. The number of hydrogen-bond acceptors (Lipinski definition) is 4. The van der Waals surface area contributed by atoms with Gasteiger partial charge in [0, 0.05) is 44.0 Å². The van der Waals surface area contributed by atoms with Crippen LogP contribution in [0, 0.1) is 5.92 Å². The average Bonchev–Trinajstić information content (AvgIpc) is 2.79. The lowest BCUT2D eigenvalue weighted by Gasteiger charge is -2.34. The molecule has 0 radical (unpaired) electrons. The van der Waals surface area contributed by atoms with Gasteiger partial charge in [0.25, 0.3) is 5.91 Å². The van der Waals surface area contributed by atoms with Crippen molar-refractivity contribution in [2.45, 2.75) is 33.4 Å². The molecule has 0 spiro atoms. The molecule has 2 amide bonds. The quantitative estimate of drug-likeness (QED) is 0.686. The van der Waals surface area contributed by atoms with Crippen molar-refractivity contribution in [3.05, 3.63) is 65.7 Å². The Labute approximate surface area is 185 Å². The monoisotopic (exact) mass is 422 g/mol. The first-order valence-electron chi connectivity index (χ1n) is 11.2. The predicted molar refractivity (Wildman–Crippen MR) is 125 cm³/mol. The van der Waals surface area contributed by atoms with Gasteiger partial charge in [-0.15, -0.1) is 0 Å². The molecule has 1 saturated heterocycles. The molecule has 1 heterocycles. The second-order valence-corrected chi connectivity index (χ2v) is 8.46. The summed E-state index contributed by atoms with van der Waals surface area (Å²) in [5, 5.41) is 5.82. The summed E-state index contributed by atoms with van der Waals surface area (Å²) in [6, 6.07) is 16.4. The largest absolute Gasteiger partial charge is 0.340 e. The van der Waals surface area contributed by atoms with Crippen LogP contribution in [0.1, 0.15) is 36.7 Å². The van der Waals surface area contributed by atoms with Crippen molar-refractivity contribution >= 4 is 17.5 Å². The molecular formula is C25H34N4O2. The van der Waals surface area contributed by atoms with Gasteiger partial charge >= 0.3 is 0 Å². The molecule has 1 unspecified atom stereocenters. The second kappa shape index (κ2) is 11.1. The third kappa shape index (κ3) is 6.64. The van der Waals surface area contributed by atoms with E-state index in [9.17, 15) is 9.59 Å². The number of nitrogens with zero attached hydrogens (tertiary/aromatic N) is 2. The third-order valence-electron chi connectivity index (χ3n) is 5.81. The summed E-state index contributed by atoms with van der Waals surface area (Å²) in [6.45, 7) is 12.5. The number of benzene rings is 2. The standard InChI is InChI=1S/C25H34N4O2/c1-4-28-14-16-29(17-15-28)18-20-10-12-22(13-11-20)26-25(31)23(19(2)3)27-24(30)21-8-6-5-7-9-21/h5-13,19,23H,4,14-18H2,1-3H3,(H,26,31)(H,27,30). The zero-order valence-corrected chi connectivity index (χ0v) is 18.8. The molecule has 166 valence electrons. The summed E-state index contributed by atoms with van der Waals surface area (Å²) >= 11 is 0. The molecule has 6 nitrogen and oxygen atoms in total. The van der Waals surface area contributed by atoms with Crippen LogP contribution in [0.4, 0.5) is 5.69 Å². The van der Waals surface area contributed by atoms with Crippen molar-refractivity contribution in [2.75, 3.05) is 38.0 Å². The van der Waals surface area contributed by atoms with E-state index in [1.54, 1.807) is 12.1 Å². The highest BCUT2D eigenvalue weighted by Crippen LogP contribution is 2.15. The fourth-order valence-corrected chi connectivity index (χ4v) is 3.78. The maximum absolute atomic E-state index is 12.8. The first kappa shape index (κ1) is 23.0. The molecule has 2 N–H and O–H groups in total. The minimum Gasteiger partial charge on any atom is -0.340 e. The number of likely N-dealkylation sites (N-methyl/N-ethyl adjacent to an activating group) is 1. The zero-order valence-electron chi connectivity index (χ0n) is 18.8. The zero-order chi connectivity index (χ0) is 22.2. The summed E-state index contributed by atoms with van der Waals surface area (Å²) in [7, 11) is 0. The Morgan fingerprint density at radius 2 is 1.52 bits per heavy atom. The average molecular weight is 423 g/mol. The van der Waals surface area contributed by atoms with Crippen LogP contribution < -0.4 is 10.6 Å². The van der Waals surface area contributed by atoms with Gasteiger partial charge < -0.3 is 15.5 Å². The van der Waals surface area contributed by atoms with Crippen LogP contribution >= 0.6 is 0 Å². The van der Waals surface area contributed by atoms with Crippen LogP contribution in [0.2, 0.25) is 0 Å². The molecule has 31 heavy (non-hydrogen) atoms. The van der Waals surface area contributed by atoms with Crippen molar-refractivity contribution in [3.8, 4) is 0 Å². The maximum atomic E-state index is 12.8. The first-order valence-corrected chi connectivity index (χ1v) is 11.2. The molecule has 0 aliphatic carbocycles. The molecule has 0 saturated carbocycles. The number of carbonyl (C=O) groups excluding carboxylic acids is 2. The lowest BCUT2D eigenvalue weighted by atomic mass is 10.0. The Balaban J connectivity index is 1.55. The van der Waals surface area contributed by atoms with E-state index in [1.165, 1.54) is 5.56 Å². The first-order chi connectivity index (χ1) is 15.0. The lowest BCUT2D eigenvalue weighted by molar-refractivity contribution is -0.118. The van der Waals surface area contributed by atoms with Crippen LogP contribution in [0.15, 0.2) is 54.6 Å². The van der Waals surface area contributed by atoms with Crippen LogP contribution in [-0.4, -0.2) is 60.4 Å². The van der Waals surface area contributed by atoms with Crippen molar-refractivity contribution in [1.29, 1.82) is 0 Å². The Morgan fingerprint density at radius 1 is 0.903 bits per heavy atom. The minimum absolute atomic E-state index is 0.0336. The van der Waals surface area contributed by atoms with Crippen molar-refractivity contribution in [1.82, 2.24) is 15.1 Å². The number of amides is 2. The fourth-order valence-electron chi connectivity index (χ4n) is 3.78. The van der Waals surface area contributed by atoms with Gasteiger partial charge in [-0.2, -0.15) is 0 Å². The summed E-state index contributed by atoms with van der Waals surface area (Å²) < 4.78 is 0. The smallest absolute Gasteiger partial charge is 0.251 e. The van der Waals surface area contributed by atoms with E-state index in [1.807, 2.05) is 44.2 Å².